The number of pyridine rings is 1. The number of nitrogens with one attached hydrogen (secondary N) is 1. The van der Waals surface area contributed by atoms with Crippen LogP contribution in [0, 0.1) is 0 Å². The average Bonchev–Trinajstić information content (AvgIpc) is 2.52. The van der Waals surface area contributed by atoms with Crippen LogP contribution in [0.4, 0.5) is 5.69 Å². The molecule has 1 aromatic carbocycles. The average molecular weight is 352 g/mol. The van der Waals surface area contributed by atoms with E-state index in [9.17, 15) is 9.59 Å². The van der Waals surface area contributed by atoms with Crippen molar-refractivity contribution in [2.75, 3.05) is 11.4 Å². The van der Waals surface area contributed by atoms with E-state index in [1.165, 1.54) is 11.8 Å². The van der Waals surface area contributed by atoms with Crippen molar-refractivity contribution in [3.8, 4) is 0 Å². The zero-order valence-electron chi connectivity index (χ0n) is 12.4. The molecule has 2 amide bonds. The summed E-state index contributed by atoms with van der Waals surface area (Å²) in [5, 5.41) is 3.38. The summed E-state index contributed by atoms with van der Waals surface area (Å²) in [5.74, 6) is -0.632. The molecule has 2 aromatic rings. The van der Waals surface area contributed by atoms with Crippen LogP contribution < -0.4 is 10.2 Å². The molecular weight excluding hydrogens is 337 g/mol. The third-order valence-corrected chi connectivity index (χ3v) is 3.74. The standard InChI is InChI=1S/C16H15Cl2N3O2/c1-11(22)21(16-13(17)3-2-4-14(16)18)10-15(23)20-9-12-5-7-19-8-6-12/h2-8H,9-10H2,1H3,(H,20,23). The van der Waals surface area contributed by atoms with Gasteiger partial charge >= 0.3 is 0 Å². The Labute approximate surface area is 144 Å². The largest absolute Gasteiger partial charge is 0.350 e. The molecule has 0 saturated carbocycles. The summed E-state index contributed by atoms with van der Waals surface area (Å²) in [6.45, 7) is 1.54. The van der Waals surface area contributed by atoms with Gasteiger partial charge in [0.1, 0.15) is 6.54 Å². The van der Waals surface area contributed by atoms with Crippen LogP contribution in [0.5, 0.6) is 0 Å². The summed E-state index contributed by atoms with van der Waals surface area (Å²) in [6.07, 6.45) is 3.29. The Hall–Kier alpha value is -2.11. The van der Waals surface area contributed by atoms with Gasteiger partial charge in [-0.05, 0) is 29.8 Å². The van der Waals surface area contributed by atoms with E-state index >= 15 is 0 Å². The first-order valence-corrected chi connectivity index (χ1v) is 7.62. The summed E-state index contributed by atoms with van der Waals surface area (Å²) in [7, 11) is 0. The lowest BCUT2D eigenvalue weighted by atomic mass is 10.2. The van der Waals surface area contributed by atoms with Crippen molar-refractivity contribution in [1.82, 2.24) is 10.3 Å². The molecule has 120 valence electrons. The maximum atomic E-state index is 12.1. The van der Waals surface area contributed by atoms with Crippen LogP contribution in [-0.2, 0) is 16.1 Å². The number of rotatable bonds is 5. The highest BCUT2D eigenvalue weighted by molar-refractivity contribution is 6.40. The normalized spacial score (nSPS) is 10.2. The number of hydrogen-bond donors (Lipinski definition) is 1. The van der Waals surface area contributed by atoms with E-state index in [1.807, 2.05) is 0 Å². The van der Waals surface area contributed by atoms with Gasteiger partial charge in [0.2, 0.25) is 11.8 Å². The maximum absolute atomic E-state index is 12.1. The minimum absolute atomic E-state index is 0.163. The SMILES string of the molecule is CC(=O)N(CC(=O)NCc1ccncc1)c1c(Cl)cccc1Cl. The predicted octanol–water partition coefficient (Wildman–Crippen LogP) is 3.06. The number of amides is 2. The number of aromatic nitrogens is 1. The summed E-state index contributed by atoms with van der Waals surface area (Å²) >= 11 is 12.2. The van der Waals surface area contributed by atoms with E-state index in [1.54, 1.807) is 42.7 Å². The molecule has 0 unspecified atom stereocenters. The molecule has 23 heavy (non-hydrogen) atoms. The van der Waals surface area contributed by atoms with Crippen molar-refractivity contribution in [2.24, 2.45) is 0 Å². The summed E-state index contributed by atoms with van der Waals surface area (Å²) in [5.41, 5.74) is 1.25. The zero-order valence-corrected chi connectivity index (χ0v) is 13.9. The third kappa shape index (κ3) is 4.68. The van der Waals surface area contributed by atoms with Gasteiger partial charge in [0.15, 0.2) is 0 Å². The molecule has 1 N–H and O–H groups in total. The maximum Gasteiger partial charge on any atom is 0.240 e. The number of anilines is 1. The van der Waals surface area contributed by atoms with Gasteiger partial charge in [0.25, 0.3) is 0 Å². The van der Waals surface area contributed by atoms with Crippen LogP contribution in [0.2, 0.25) is 10.0 Å². The number of benzene rings is 1. The Balaban J connectivity index is 2.08. The van der Waals surface area contributed by atoms with Gasteiger partial charge in [-0.15, -0.1) is 0 Å². The molecule has 0 saturated heterocycles. The van der Waals surface area contributed by atoms with E-state index in [0.29, 0.717) is 22.3 Å². The van der Waals surface area contributed by atoms with Crippen molar-refractivity contribution in [3.63, 3.8) is 0 Å². The van der Waals surface area contributed by atoms with Crippen LogP contribution in [0.25, 0.3) is 0 Å². The molecule has 0 spiro atoms. The number of nitrogens with zero attached hydrogens (tertiary/aromatic N) is 2. The van der Waals surface area contributed by atoms with Crippen LogP contribution in [0.3, 0.4) is 0 Å². The van der Waals surface area contributed by atoms with Gasteiger partial charge in [0.05, 0.1) is 15.7 Å². The first-order chi connectivity index (χ1) is 11.0. The lowest BCUT2D eigenvalue weighted by Gasteiger charge is -2.23. The third-order valence-electron chi connectivity index (χ3n) is 3.13. The first-order valence-electron chi connectivity index (χ1n) is 6.86. The fraction of sp³-hybridized carbons (Fsp3) is 0.188. The summed E-state index contributed by atoms with van der Waals surface area (Å²) in [4.78, 5) is 29.2. The molecule has 5 nitrogen and oxygen atoms in total. The van der Waals surface area contributed by atoms with Crippen LogP contribution in [-0.4, -0.2) is 23.3 Å². The van der Waals surface area contributed by atoms with Crippen LogP contribution in [0.15, 0.2) is 42.7 Å². The molecule has 0 aliphatic rings. The van der Waals surface area contributed by atoms with Gasteiger partial charge in [0, 0.05) is 25.9 Å². The number of carbonyl (C=O) groups excluding carboxylic acids is 2. The number of carbonyl (C=O) groups is 2. The molecule has 0 aliphatic heterocycles. The second-order valence-electron chi connectivity index (χ2n) is 4.81. The molecular formula is C16H15Cl2N3O2. The quantitative estimate of drug-likeness (QED) is 0.900. The van der Waals surface area contributed by atoms with Crippen molar-refractivity contribution in [2.45, 2.75) is 13.5 Å². The van der Waals surface area contributed by atoms with Gasteiger partial charge < -0.3 is 10.2 Å². The molecule has 2 rings (SSSR count). The highest BCUT2D eigenvalue weighted by Crippen LogP contribution is 2.33. The molecule has 1 heterocycles. The van der Waals surface area contributed by atoms with E-state index in [0.717, 1.165) is 5.56 Å². The lowest BCUT2D eigenvalue weighted by molar-refractivity contribution is -0.123. The zero-order chi connectivity index (χ0) is 16.8. The molecule has 0 aliphatic carbocycles. The van der Waals surface area contributed by atoms with E-state index in [4.69, 9.17) is 23.2 Å². The Kier molecular flexibility index (Phi) is 5.96. The van der Waals surface area contributed by atoms with Crippen molar-refractivity contribution in [3.05, 3.63) is 58.3 Å². The van der Waals surface area contributed by atoms with Crippen LogP contribution >= 0.6 is 23.2 Å². The number of halogens is 2. The Morgan fingerprint density at radius 1 is 1.13 bits per heavy atom. The molecule has 1 aromatic heterocycles. The molecule has 0 radical (unpaired) electrons. The number of hydrogen-bond acceptors (Lipinski definition) is 3. The minimum Gasteiger partial charge on any atom is -0.350 e. The molecule has 0 fully saturated rings. The molecule has 0 bridgehead atoms. The van der Waals surface area contributed by atoms with Crippen LogP contribution in [0.1, 0.15) is 12.5 Å². The monoisotopic (exact) mass is 351 g/mol. The molecule has 7 heteroatoms. The van der Waals surface area contributed by atoms with E-state index < -0.39 is 0 Å². The first kappa shape index (κ1) is 17.2. The van der Waals surface area contributed by atoms with E-state index in [2.05, 4.69) is 10.3 Å². The van der Waals surface area contributed by atoms with Crippen molar-refractivity contribution in [1.29, 1.82) is 0 Å². The number of para-hydroxylation sites is 1. The Bertz CT molecular complexity index is 687. The fourth-order valence-corrected chi connectivity index (χ4v) is 2.60. The van der Waals surface area contributed by atoms with Gasteiger partial charge in [-0.1, -0.05) is 29.3 Å². The van der Waals surface area contributed by atoms with Gasteiger partial charge in [-0.2, -0.15) is 0 Å². The van der Waals surface area contributed by atoms with Gasteiger partial charge in [-0.3, -0.25) is 14.6 Å². The predicted molar refractivity (Wildman–Crippen MR) is 90.6 cm³/mol. The second-order valence-corrected chi connectivity index (χ2v) is 5.62. The Morgan fingerprint density at radius 3 is 2.30 bits per heavy atom. The van der Waals surface area contributed by atoms with Crippen molar-refractivity contribution >= 4 is 40.7 Å². The van der Waals surface area contributed by atoms with Crippen molar-refractivity contribution < 1.29 is 9.59 Å². The minimum atomic E-state index is -0.320. The highest BCUT2D eigenvalue weighted by Gasteiger charge is 2.20. The fourth-order valence-electron chi connectivity index (χ4n) is 2.00. The Morgan fingerprint density at radius 2 is 1.74 bits per heavy atom. The summed E-state index contributed by atoms with van der Waals surface area (Å²) < 4.78 is 0. The highest BCUT2D eigenvalue weighted by atomic mass is 35.5. The topological polar surface area (TPSA) is 62.3 Å². The van der Waals surface area contributed by atoms with Gasteiger partial charge in [-0.25, -0.2) is 0 Å². The molecule has 0 atom stereocenters. The second kappa shape index (κ2) is 7.94. The summed E-state index contributed by atoms with van der Waals surface area (Å²) in [6, 6.07) is 8.51. The van der Waals surface area contributed by atoms with E-state index in [-0.39, 0.29) is 18.4 Å². The lowest BCUT2D eigenvalue weighted by Crippen LogP contribution is -2.39. The smallest absolute Gasteiger partial charge is 0.240 e.